The molecule has 0 aromatic rings. The molecule has 0 rings (SSSR count). The lowest BCUT2D eigenvalue weighted by Gasteiger charge is -1.96. The number of rotatable bonds is 2. The van der Waals surface area contributed by atoms with E-state index in [1.165, 1.54) is 0 Å². The molecule has 0 atom stereocenters. The van der Waals surface area contributed by atoms with Gasteiger partial charge in [0.1, 0.15) is 9.67 Å². The third-order valence-electron chi connectivity index (χ3n) is 0.356. The molecule has 0 radical (unpaired) electrons. The average Bonchev–Trinajstić information content (AvgIpc) is 1.88. The van der Waals surface area contributed by atoms with Crippen molar-refractivity contribution in [3.63, 3.8) is 0 Å². The molecule has 0 amide bonds. The average molecular weight is 292 g/mol. The zero-order chi connectivity index (χ0) is 10.3. The highest BCUT2D eigenvalue weighted by molar-refractivity contribution is 6.52. The highest BCUT2D eigenvalue weighted by atomic mass is 35.5. The highest BCUT2D eigenvalue weighted by Crippen LogP contribution is 1.97. The molecule has 8 N–H and O–H groups in total. The molecule has 0 fully saturated rings. The molecule has 14 heavy (non-hydrogen) atoms. The molecule has 0 unspecified atom stereocenters. The summed E-state index contributed by atoms with van der Waals surface area (Å²) >= 11 is 18.9. The largest absolute Gasteiger partial charge is 0.547 e. The molecule has 0 saturated heterocycles. The Balaban J connectivity index is -0.0000000625. The summed E-state index contributed by atoms with van der Waals surface area (Å²) in [7, 11) is 0. The van der Waals surface area contributed by atoms with Crippen LogP contribution in [-0.2, 0) is 9.59 Å². The lowest BCUT2D eigenvalue weighted by Crippen LogP contribution is -2.28. The molecular weight excluding hydrogens is 282 g/mol. The minimum absolute atomic E-state index is 0. The van der Waals surface area contributed by atoms with Crippen LogP contribution in [0.4, 0.5) is 0 Å². The molecule has 0 aliphatic heterocycles. The third-order valence-corrected chi connectivity index (χ3v) is 1.07. The predicted molar refractivity (Wildman–Crippen MR) is 53.0 cm³/mol. The fraction of sp³-hybridized carbons (Fsp3) is 0.500. The Kier molecular flexibility index (Phi) is 22.0. The molecule has 0 heterocycles. The quantitative estimate of drug-likeness (QED) is 0.678. The van der Waals surface area contributed by atoms with Crippen molar-refractivity contribution in [3.8, 4) is 0 Å². The van der Waals surface area contributed by atoms with E-state index in [0.29, 0.717) is 0 Å². The van der Waals surface area contributed by atoms with E-state index in [2.05, 4.69) is 0 Å². The number of carboxylic acid groups (broad SMARTS) is 2. The van der Waals surface area contributed by atoms with Crippen LogP contribution in [0.3, 0.4) is 0 Å². The molecule has 0 spiro atoms. The summed E-state index contributed by atoms with van der Waals surface area (Å²) in [5.41, 5.74) is 0. The predicted octanol–water partition coefficient (Wildman–Crippen LogP) is -0.168. The number of alkyl halides is 4. The van der Waals surface area contributed by atoms with Gasteiger partial charge >= 0.3 is 0 Å². The summed E-state index contributed by atoms with van der Waals surface area (Å²) < 4.78 is 0. The topological polar surface area (TPSA) is 153 Å². The Morgan fingerprint density at radius 3 is 0.857 bits per heavy atom. The Hall–Kier alpha value is 0.0200. The van der Waals surface area contributed by atoms with Crippen molar-refractivity contribution in [2.24, 2.45) is 0 Å². The van der Waals surface area contributed by atoms with Crippen LogP contribution in [0.5, 0.6) is 0 Å². The number of halogens is 4. The van der Waals surface area contributed by atoms with E-state index in [9.17, 15) is 19.8 Å². The lowest BCUT2D eigenvalue weighted by atomic mass is 10.8. The first-order chi connectivity index (χ1) is 5.29. The minimum Gasteiger partial charge on any atom is -0.547 e. The zero-order valence-electron chi connectivity index (χ0n) is 7.30. The van der Waals surface area contributed by atoms with Gasteiger partial charge in [-0.1, -0.05) is 46.4 Å². The Bertz CT molecular complexity index is 147. The van der Waals surface area contributed by atoms with E-state index in [0.717, 1.165) is 0 Å². The van der Waals surface area contributed by atoms with Crippen molar-refractivity contribution in [3.05, 3.63) is 0 Å². The monoisotopic (exact) mass is 290 g/mol. The Labute approximate surface area is 100 Å². The van der Waals surface area contributed by atoms with Gasteiger partial charge < -0.3 is 32.1 Å². The number of aliphatic carboxylic acids is 2. The van der Waals surface area contributed by atoms with Gasteiger partial charge in [-0.2, -0.15) is 0 Å². The molecule has 88 valence electrons. The first-order valence-electron chi connectivity index (χ1n) is 2.27. The number of carbonyl (C=O) groups excluding carboxylic acids is 2. The molecule has 0 aromatic heterocycles. The van der Waals surface area contributed by atoms with Gasteiger partial charge in [-0.05, 0) is 0 Å². The summed E-state index contributed by atoms with van der Waals surface area (Å²) in [6, 6.07) is 0. The van der Waals surface area contributed by atoms with Gasteiger partial charge in [-0.15, -0.1) is 0 Å². The van der Waals surface area contributed by atoms with E-state index in [1.54, 1.807) is 0 Å². The second kappa shape index (κ2) is 13.0. The third kappa shape index (κ3) is 22.7. The molecule has 10 heteroatoms. The normalized spacial score (nSPS) is 7.86. The zero-order valence-corrected chi connectivity index (χ0v) is 10.3. The maximum absolute atomic E-state index is 9.32. The standard InChI is InChI=1S/2C2H2Cl2O2.2H3N/c2*3-1(4)2(5)6;;/h2*1H,(H,5,6);2*1H3. The Morgan fingerprint density at radius 1 is 0.786 bits per heavy atom. The van der Waals surface area contributed by atoms with Crippen LogP contribution < -0.4 is 22.5 Å². The number of carboxylic acids is 2. The second-order valence-corrected chi connectivity index (χ2v) is 3.43. The van der Waals surface area contributed by atoms with Crippen LogP contribution >= 0.6 is 46.4 Å². The minimum atomic E-state index is -1.46. The highest BCUT2D eigenvalue weighted by Gasteiger charge is 1.94. The van der Waals surface area contributed by atoms with Gasteiger partial charge in [0.25, 0.3) is 0 Å². The van der Waals surface area contributed by atoms with E-state index in [4.69, 9.17) is 46.4 Å². The molecule has 0 aliphatic rings. The maximum Gasteiger partial charge on any atom is 0.146 e. The summed E-state index contributed by atoms with van der Waals surface area (Å²) in [5.74, 6) is -2.92. The van der Waals surface area contributed by atoms with Crippen LogP contribution in [0.2, 0.25) is 0 Å². The molecular formula is C4H10Cl4N2O4. The molecule has 6 nitrogen and oxygen atoms in total. The van der Waals surface area contributed by atoms with Gasteiger partial charge in [0.05, 0.1) is 11.9 Å². The smallest absolute Gasteiger partial charge is 0.146 e. The van der Waals surface area contributed by atoms with E-state index in [1.807, 2.05) is 0 Å². The second-order valence-electron chi connectivity index (χ2n) is 1.24. The molecule has 0 aromatic carbocycles. The van der Waals surface area contributed by atoms with Gasteiger partial charge in [0, 0.05) is 0 Å². The van der Waals surface area contributed by atoms with Crippen LogP contribution in [0.25, 0.3) is 0 Å². The van der Waals surface area contributed by atoms with Crippen LogP contribution in [0.1, 0.15) is 0 Å². The number of hydrogen-bond donors (Lipinski definition) is 2. The van der Waals surface area contributed by atoms with E-state index >= 15 is 0 Å². The summed E-state index contributed by atoms with van der Waals surface area (Å²) in [4.78, 5) is 15.9. The van der Waals surface area contributed by atoms with Gasteiger partial charge in [-0.3, -0.25) is 0 Å². The number of carbonyl (C=O) groups is 2. The van der Waals surface area contributed by atoms with Crippen molar-refractivity contribution in [1.82, 2.24) is 12.3 Å². The maximum atomic E-state index is 9.32. The van der Waals surface area contributed by atoms with Gasteiger partial charge in [0.15, 0.2) is 0 Å². The van der Waals surface area contributed by atoms with Crippen LogP contribution in [0.15, 0.2) is 0 Å². The van der Waals surface area contributed by atoms with E-state index in [-0.39, 0.29) is 12.3 Å². The first-order valence-corrected chi connectivity index (χ1v) is 4.01. The number of quaternary nitrogens is 2. The lowest BCUT2D eigenvalue weighted by molar-refractivity contribution is -0.304. The molecule has 0 saturated carbocycles. The van der Waals surface area contributed by atoms with Crippen molar-refractivity contribution in [1.29, 1.82) is 0 Å². The van der Waals surface area contributed by atoms with Gasteiger partial charge in [0.2, 0.25) is 0 Å². The fourth-order valence-electron chi connectivity index (χ4n) is 0. The van der Waals surface area contributed by atoms with Crippen molar-refractivity contribution >= 4 is 58.3 Å². The van der Waals surface area contributed by atoms with Crippen molar-refractivity contribution in [2.45, 2.75) is 9.67 Å². The number of hydrogen-bond acceptors (Lipinski definition) is 4. The van der Waals surface area contributed by atoms with Gasteiger partial charge in [-0.25, -0.2) is 0 Å². The molecule has 0 bridgehead atoms. The fourth-order valence-corrected chi connectivity index (χ4v) is 0. The van der Waals surface area contributed by atoms with E-state index < -0.39 is 21.6 Å². The first kappa shape index (κ1) is 23.7. The van der Waals surface area contributed by atoms with Crippen LogP contribution in [0, 0.1) is 0 Å². The van der Waals surface area contributed by atoms with Crippen LogP contribution in [-0.4, -0.2) is 21.6 Å². The molecule has 0 aliphatic carbocycles. The van der Waals surface area contributed by atoms with Crippen molar-refractivity contribution in [2.75, 3.05) is 0 Å². The SMILES string of the molecule is O=C([O-])C(Cl)Cl.O=C([O-])C(Cl)Cl.[NH4+].[NH4+]. The summed E-state index contributed by atoms with van der Waals surface area (Å²) in [5, 5.41) is 18.6. The summed E-state index contributed by atoms with van der Waals surface area (Å²) in [6.07, 6.45) is 0. The summed E-state index contributed by atoms with van der Waals surface area (Å²) in [6.45, 7) is 0. The Morgan fingerprint density at radius 2 is 0.857 bits per heavy atom. The van der Waals surface area contributed by atoms with Crippen molar-refractivity contribution < 1.29 is 19.8 Å².